The lowest BCUT2D eigenvalue weighted by Gasteiger charge is -2.34. The van der Waals surface area contributed by atoms with Crippen molar-refractivity contribution in [1.29, 1.82) is 0 Å². The third-order valence-electron chi connectivity index (χ3n) is 7.69. The molecule has 0 heterocycles. The Balaban J connectivity index is 2.24. The molecule has 1 aliphatic carbocycles. The van der Waals surface area contributed by atoms with Crippen LogP contribution in [-0.2, 0) is 12.8 Å². The van der Waals surface area contributed by atoms with Crippen molar-refractivity contribution in [2.24, 2.45) is 16.7 Å². The molecule has 0 saturated heterocycles. The summed E-state index contributed by atoms with van der Waals surface area (Å²) in [6.45, 7) is 11.7. The number of phenols is 2. The Morgan fingerprint density at radius 2 is 1.37 bits per heavy atom. The number of fused-ring (bicyclic) bond motifs is 2. The summed E-state index contributed by atoms with van der Waals surface area (Å²) in [4.78, 5) is 0. The van der Waals surface area contributed by atoms with Crippen LogP contribution in [0.5, 0.6) is 11.5 Å². The summed E-state index contributed by atoms with van der Waals surface area (Å²) in [5.74, 6) is 1.36. The predicted octanol–water partition coefficient (Wildman–Crippen LogP) is 8.57. The summed E-state index contributed by atoms with van der Waals surface area (Å²) in [5, 5.41) is 21.2. The Kier molecular flexibility index (Phi) is 9.57. The van der Waals surface area contributed by atoms with Crippen LogP contribution in [0.4, 0.5) is 0 Å². The van der Waals surface area contributed by atoms with Crippen LogP contribution in [0.2, 0.25) is 0 Å². The first-order chi connectivity index (χ1) is 14.2. The zero-order chi connectivity index (χ0) is 22.2. The highest BCUT2D eigenvalue weighted by Gasteiger charge is 2.29. The van der Waals surface area contributed by atoms with Crippen LogP contribution in [0.3, 0.4) is 0 Å². The number of phenolic OH excluding ortho intramolecular Hbond substituents is 2. The van der Waals surface area contributed by atoms with Gasteiger partial charge in [-0.25, -0.2) is 0 Å². The Hall–Kier alpha value is -1.18. The lowest BCUT2D eigenvalue weighted by molar-refractivity contribution is 0.225. The second-order valence-corrected chi connectivity index (χ2v) is 11.2. The van der Waals surface area contributed by atoms with E-state index < -0.39 is 0 Å². The SMILES string of the molecule is CCCC(C)CCCC1(C)CCCCCC(C)(CCC)Cc2cc(c(O)cc2O)C1. The van der Waals surface area contributed by atoms with E-state index >= 15 is 0 Å². The van der Waals surface area contributed by atoms with Crippen LogP contribution in [0.25, 0.3) is 0 Å². The molecule has 1 aromatic carbocycles. The maximum Gasteiger partial charge on any atom is 0.122 e. The molecule has 2 N–H and O–H groups in total. The van der Waals surface area contributed by atoms with Crippen molar-refractivity contribution in [3.05, 3.63) is 23.3 Å². The van der Waals surface area contributed by atoms with E-state index in [9.17, 15) is 10.2 Å². The Labute approximate surface area is 186 Å². The van der Waals surface area contributed by atoms with Gasteiger partial charge >= 0.3 is 0 Å². The number of hydrogen-bond donors (Lipinski definition) is 2. The number of aromatic hydroxyl groups is 2. The number of rotatable bonds is 8. The molecular formula is C28H48O2. The standard InChI is InChI=1S/C28H48O2/c1-6-12-22(3)13-11-17-28(5)16-10-8-9-15-27(4,14-7-2)20-23-18-24(21-28)26(30)19-25(23)29/h18-19,22,29-30H,6-17,20-21H2,1-5H3. The molecule has 1 aliphatic rings. The van der Waals surface area contributed by atoms with E-state index in [-0.39, 0.29) is 22.3 Å². The van der Waals surface area contributed by atoms with Crippen LogP contribution in [0.15, 0.2) is 12.1 Å². The van der Waals surface area contributed by atoms with E-state index in [0.29, 0.717) is 0 Å². The van der Waals surface area contributed by atoms with Gasteiger partial charge < -0.3 is 10.2 Å². The first kappa shape index (κ1) is 25.1. The van der Waals surface area contributed by atoms with E-state index in [0.717, 1.165) is 29.9 Å². The van der Waals surface area contributed by atoms with Crippen molar-refractivity contribution < 1.29 is 10.2 Å². The highest BCUT2D eigenvalue weighted by Crippen LogP contribution is 2.43. The van der Waals surface area contributed by atoms with Gasteiger partial charge in [-0.15, -0.1) is 0 Å². The maximum atomic E-state index is 10.6. The lowest BCUT2D eigenvalue weighted by Crippen LogP contribution is -2.23. The molecule has 3 atom stereocenters. The van der Waals surface area contributed by atoms with Crippen LogP contribution >= 0.6 is 0 Å². The summed E-state index contributed by atoms with van der Waals surface area (Å²) >= 11 is 0. The summed E-state index contributed by atoms with van der Waals surface area (Å²) in [7, 11) is 0. The van der Waals surface area contributed by atoms with Crippen molar-refractivity contribution in [2.75, 3.05) is 0 Å². The smallest absolute Gasteiger partial charge is 0.122 e. The second-order valence-electron chi connectivity index (χ2n) is 11.2. The minimum Gasteiger partial charge on any atom is -0.508 e. The molecule has 172 valence electrons. The van der Waals surface area contributed by atoms with E-state index in [1.807, 2.05) is 0 Å². The third-order valence-corrected chi connectivity index (χ3v) is 7.69. The Morgan fingerprint density at radius 3 is 1.90 bits per heavy atom. The highest BCUT2D eigenvalue weighted by atomic mass is 16.3. The van der Waals surface area contributed by atoms with Crippen LogP contribution in [0, 0.1) is 16.7 Å². The van der Waals surface area contributed by atoms with Crippen molar-refractivity contribution in [3.63, 3.8) is 0 Å². The molecule has 2 nitrogen and oxygen atoms in total. The first-order valence-corrected chi connectivity index (χ1v) is 12.7. The molecule has 2 rings (SSSR count). The molecule has 0 aliphatic heterocycles. The molecular weight excluding hydrogens is 368 g/mol. The summed E-state index contributed by atoms with van der Waals surface area (Å²) in [6, 6.07) is 3.73. The summed E-state index contributed by atoms with van der Waals surface area (Å²) in [5.41, 5.74) is 2.52. The fraction of sp³-hybridized carbons (Fsp3) is 0.786. The molecule has 0 spiro atoms. The molecule has 2 heteroatoms. The van der Waals surface area contributed by atoms with Crippen LogP contribution < -0.4 is 0 Å². The normalized spacial score (nSPS) is 26.6. The number of hydrogen-bond acceptors (Lipinski definition) is 2. The van der Waals surface area contributed by atoms with Crippen LogP contribution in [-0.4, -0.2) is 10.2 Å². The molecule has 30 heavy (non-hydrogen) atoms. The van der Waals surface area contributed by atoms with Gasteiger partial charge in [0.1, 0.15) is 11.5 Å². The molecule has 0 amide bonds. The van der Waals surface area contributed by atoms with E-state index in [2.05, 4.69) is 40.7 Å². The van der Waals surface area contributed by atoms with Gasteiger partial charge in [0.15, 0.2) is 0 Å². The monoisotopic (exact) mass is 416 g/mol. The van der Waals surface area contributed by atoms with Crippen molar-refractivity contribution in [2.45, 2.75) is 125 Å². The zero-order valence-corrected chi connectivity index (χ0v) is 20.5. The fourth-order valence-electron chi connectivity index (χ4n) is 5.88. The molecule has 0 radical (unpaired) electrons. The van der Waals surface area contributed by atoms with Gasteiger partial charge in [0.25, 0.3) is 0 Å². The van der Waals surface area contributed by atoms with Gasteiger partial charge in [-0.3, -0.25) is 0 Å². The van der Waals surface area contributed by atoms with Crippen molar-refractivity contribution >= 4 is 0 Å². The summed E-state index contributed by atoms with van der Waals surface area (Å²) in [6.07, 6.45) is 16.9. The Morgan fingerprint density at radius 1 is 0.800 bits per heavy atom. The van der Waals surface area contributed by atoms with Gasteiger partial charge in [-0.2, -0.15) is 0 Å². The predicted molar refractivity (Wildman–Crippen MR) is 129 cm³/mol. The number of benzene rings is 1. The zero-order valence-electron chi connectivity index (χ0n) is 20.5. The third kappa shape index (κ3) is 7.50. The van der Waals surface area contributed by atoms with Gasteiger partial charge in [0, 0.05) is 6.07 Å². The van der Waals surface area contributed by atoms with Gasteiger partial charge in [-0.1, -0.05) is 86.0 Å². The molecule has 3 unspecified atom stereocenters. The van der Waals surface area contributed by atoms with Crippen molar-refractivity contribution in [3.8, 4) is 11.5 Å². The minimum atomic E-state index is 0.226. The topological polar surface area (TPSA) is 40.5 Å². The van der Waals surface area contributed by atoms with Crippen LogP contribution in [0.1, 0.15) is 123 Å². The minimum absolute atomic E-state index is 0.226. The maximum absolute atomic E-state index is 10.6. The van der Waals surface area contributed by atoms with Gasteiger partial charge in [0.05, 0.1) is 0 Å². The first-order valence-electron chi connectivity index (χ1n) is 12.7. The van der Waals surface area contributed by atoms with Gasteiger partial charge in [-0.05, 0) is 72.5 Å². The quantitative estimate of drug-likeness (QED) is 0.445. The Bertz CT molecular complexity index is 652. The lowest BCUT2D eigenvalue weighted by atomic mass is 9.71. The van der Waals surface area contributed by atoms with E-state index in [1.165, 1.54) is 77.0 Å². The fourth-order valence-corrected chi connectivity index (χ4v) is 5.88. The van der Waals surface area contributed by atoms with Gasteiger partial charge in [0.2, 0.25) is 0 Å². The van der Waals surface area contributed by atoms with Crippen molar-refractivity contribution in [1.82, 2.24) is 0 Å². The average molecular weight is 417 g/mol. The van der Waals surface area contributed by atoms with E-state index in [1.54, 1.807) is 6.07 Å². The highest BCUT2D eigenvalue weighted by molar-refractivity contribution is 5.46. The van der Waals surface area contributed by atoms with E-state index in [4.69, 9.17) is 0 Å². The average Bonchev–Trinajstić information content (AvgIpc) is 2.65. The largest absolute Gasteiger partial charge is 0.508 e. The molecule has 1 aromatic rings. The molecule has 0 saturated carbocycles. The molecule has 0 fully saturated rings. The summed E-state index contributed by atoms with van der Waals surface area (Å²) < 4.78 is 0. The second kappa shape index (κ2) is 11.4. The molecule has 2 bridgehead atoms. The molecule has 0 aromatic heterocycles.